The number of carboxylic acids is 1. The summed E-state index contributed by atoms with van der Waals surface area (Å²) in [4.78, 5) is 35.5. The van der Waals surface area contributed by atoms with Crippen LogP contribution in [0.25, 0.3) is 11.1 Å². The number of aliphatic carboxylic acids is 1. The number of benzene rings is 3. The molecule has 1 unspecified atom stereocenters. The van der Waals surface area contributed by atoms with Gasteiger partial charge >= 0.3 is 12.1 Å². The van der Waals surface area contributed by atoms with Crippen LogP contribution in [0.15, 0.2) is 60.7 Å². The number of methoxy groups -OCH3 is 2. The number of amides is 1. The molecule has 0 saturated carbocycles. The number of hydrogen-bond acceptors (Lipinski definition) is 7. The van der Waals surface area contributed by atoms with Crippen LogP contribution in [0.1, 0.15) is 22.6 Å². The van der Waals surface area contributed by atoms with Gasteiger partial charge < -0.3 is 24.6 Å². The third kappa shape index (κ3) is 4.65. The molecule has 0 bridgehead atoms. The van der Waals surface area contributed by atoms with Gasteiger partial charge in [-0.25, -0.2) is 9.59 Å². The fraction of sp³-hybridized carbons (Fsp3) is 0.231. The number of ether oxygens (including phenoxy) is 3. The van der Waals surface area contributed by atoms with Gasteiger partial charge in [0, 0.05) is 18.4 Å². The lowest BCUT2D eigenvalue weighted by Crippen LogP contribution is -2.43. The first kappa shape index (κ1) is 24.5. The highest BCUT2D eigenvalue weighted by Gasteiger charge is 2.32. The van der Waals surface area contributed by atoms with Crippen LogP contribution in [0.3, 0.4) is 0 Å². The monoisotopic (exact) mass is 492 g/mol. The molecule has 3 aromatic carbocycles. The van der Waals surface area contributed by atoms with E-state index in [1.807, 2.05) is 48.5 Å². The lowest BCUT2D eigenvalue weighted by molar-refractivity contribution is -0.385. The molecule has 1 atom stereocenters. The fourth-order valence-electron chi connectivity index (χ4n) is 4.54. The first-order chi connectivity index (χ1) is 17.3. The van der Waals surface area contributed by atoms with E-state index >= 15 is 0 Å². The number of carboxylic acid groups (broad SMARTS) is 1. The number of carbonyl (C=O) groups excluding carboxylic acids is 1. The average Bonchev–Trinajstić information content (AvgIpc) is 3.20. The number of nitro groups is 1. The highest BCUT2D eigenvalue weighted by atomic mass is 16.6. The zero-order valence-corrected chi connectivity index (χ0v) is 19.6. The number of hydrogen-bond donors (Lipinski definition) is 2. The molecule has 0 fully saturated rings. The Morgan fingerprint density at radius 3 is 2.14 bits per heavy atom. The van der Waals surface area contributed by atoms with E-state index in [1.165, 1.54) is 26.4 Å². The second-order valence-corrected chi connectivity index (χ2v) is 8.12. The molecule has 0 aromatic heterocycles. The Kier molecular flexibility index (Phi) is 7.05. The van der Waals surface area contributed by atoms with Crippen LogP contribution in [0.4, 0.5) is 10.5 Å². The Labute approximate surface area is 206 Å². The Balaban J connectivity index is 1.52. The summed E-state index contributed by atoms with van der Waals surface area (Å²) in [5.41, 5.74) is 3.77. The number of fused-ring (bicyclic) bond motifs is 3. The number of alkyl carbamates (subject to hydrolysis) is 1. The summed E-state index contributed by atoms with van der Waals surface area (Å²) < 4.78 is 15.9. The van der Waals surface area contributed by atoms with Crippen molar-refractivity contribution in [3.05, 3.63) is 87.5 Å². The van der Waals surface area contributed by atoms with Crippen molar-refractivity contribution in [1.82, 2.24) is 5.32 Å². The summed E-state index contributed by atoms with van der Waals surface area (Å²) in [5.74, 6) is -1.37. The van der Waals surface area contributed by atoms with Gasteiger partial charge in [0.1, 0.15) is 12.6 Å². The van der Waals surface area contributed by atoms with Gasteiger partial charge in [0.2, 0.25) is 0 Å². The van der Waals surface area contributed by atoms with E-state index in [9.17, 15) is 24.8 Å². The van der Waals surface area contributed by atoms with Gasteiger partial charge in [-0.15, -0.1) is 0 Å². The van der Waals surface area contributed by atoms with Crippen LogP contribution in [-0.4, -0.2) is 49.0 Å². The Morgan fingerprint density at radius 1 is 1.00 bits per heavy atom. The quantitative estimate of drug-likeness (QED) is 0.336. The molecule has 0 spiro atoms. The SMILES string of the molecule is COc1ccc([N+](=O)[O-])c(CC(NC(=O)OCC2c3ccccc3-c3ccccc32)C(=O)O)c1OC. The van der Waals surface area contributed by atoms with Gasteiger partial charge in [-0.2, -0.15) is 0 Å². The lowest BCUT2D eigenvalue weighted by Gasteiger charge is -2.19. The maximum absolute atomic E-state index is 12.6. The zero-order chi connectivity index (χ0) is 25.8. The van der Waals surface area contributed by atoms with Crippen molar-refractivity contribution in [2.75, 3.05) is 20.8 Å². The summed E-state index contributed by atoms with van der Waals surface area (Å²) in [6, 6.07) is 16.7. The standard InChI is InChI=1S/C26H24N2O8/c1-34-23-12-11-22(28(32)33)19(24(23)35-2)13-21(25(29)30)27-26(31)36-14-20-17-9-5-3-7-15(17)16-8-4-6-10-18(16)20/h3-12,20-21H,13-14H2,1-2H3,(H,27,31)(H,29,30). The first-order valence-corrected chi connectivity index (χ1v) is 11.1. The molecule has 3 aromatic rings. The number of carbonyl (C=O) groups is 2. The van der Waals surface area contributed by atoms with Gasteiger partial charge in [0.05, 0.1) is 24.7 Å². The van der Waals surface area contributed by atoms with Crippen molar-refractivity contribution in [1.29, 1.82) is 0 Å². The predicted octanol–water partition coefficient (Wildman–Crippen LogP) is 4.15. The molecular formula is C26H24N2O8. The molecule has 0 aliphatic heterocycles. The Hall–Kier alpha value is -4.60. The summed E-state index contributed by atoms with van der Waals surface area (Å²) >= 11 is 0. The Morgan fingerprint density at radius 2 is 1.61 bits per heavy atom. The van der Waals surface area contributed by atoms with E-state index < -0.39 is 29.4 Å². The van der Waals surface area contributed by atoms with E-state index in [-0.39, 0.29) is 35.3 Å². The smallest absolute Gasteiger partial charge is 0.407 e. The van der Waals surface area contributed by atoms with Crippen molar-refractivity contribution in [2.45, 2.75) is 18.4 Å². The molecule has 186 valence electrons. The molecule has 36 heavy (non-hydrogen) atoms. The normalized spacial score (nSPS) is 12.7. The number of nitrogens with one attached hydrogen (secondary N) is 1. The van der Waals surface area contributed by atoms with E-state index in [0.717, 1.165) is 22.3 Å². The minimum atomic E-state index is -1.51. The van der Waals surface area contributed by atoms with E-state index in [0.29, 0.717) is 0 Å². The highest BCUT2D eigenvalue weighted by Crippen LogP contribution is 2.44. The molecule has 0 radical (unpaired) electrons. The molecule has 2 N–H and O–H groups in total. The lowest BCUT2D eigenvalue weighted by atomic mass is 9.98. The molecule has 10 heteroatoms. The Bertz CT molecular complexity index is 1280. The molecule has 4 rings (SSSR count). The van der Waals surface area contributed by atoms with Crippen molar-refractivity contribution in [3.8, 4) is 22.6 Å². The topological polar surface area (TPSA) is 137 Å². The van der Waals surface area contributed by atoms with Crippen molar-refractivity contribution in [2.24, 2.45) is 0 Å². The van der Waals surface area contributed by atoms with Crippen LogP contribution in [0, 0.1) is 10.1 Å². The van der Waals surface area contributed by atoms with Gasteiger partial charge in [-0.1, -0.05) is 48.5 Å². The molecular weight excluding hydrogens is 468 g/mol. The van der Waals surface area contributed by atoms with Crippen molar-refractivity contribution < 1.29 is 33.8 Å². The summed E-state index contributed by atoms with van der Waals surface area (Å²) in [7, 11) is 2.65. The molecule has 0 saturated heterocycles. The molecule has 1 amide bonds. The molecule has 0 heterocycles. The fourth-order valence-corrected chi connectivity index (χ4v) is 4.54. The molecule has 10 nitrogen and oxygen atoms in total. The summed E-state index contributed by atoms with van der Waals surface area (Å²) in [5, 5.41) is 23.6. The second-order valence-electron chi connectivity index (χ2n) is 8.12. The van der Waals surface area contributed by atoms with Gasteiger partial charge in [0.15, 0.2) is 11.5 Å². The van der Waals surface area contributed by atoms with E-state index in [4.69, 9.17) is 14.2 Å². The first-order valence-electron chi connectivity index (χ1n) is 11.1. The zero-order valence-electron chi connectivity index (χ0n) is 19.6. The van der Waals surface area contributed by atoms with E-state index in [1.54, 1.807) is 0 Å². The summed E-state index contributed by atoms with van der Waals surface area (Å²) in [6.07, 6.45) is -1.37. The number of nitrogens with zero attached hydrogens (tertiary/aromatic N) is 1. The average molecular weight is 492 g/mol. The number of rotatable bonds is 9. The van der Waals surface area contributed by atoms with Gasteiger partial charge in [-0.3, -0.25) is 10.1 Å². The van der Waals surface area contributed by atoms with Crippen LogP contribution < -0.4 is 14.8 Å². The van der Waals surface area contributed by atoms with Crippen LogP contribution >= 0.6 is 0 Å². The third-order valence-electron chi connectivity index (χ3n) is 6.16. The minimum Gasteiger partial charge on any atom is -0.493 e. The predicted molar refractivity (Wildman–Crippen MR) is 130 cm³/mol. The maximum atomic E-state index is 12.6. The van der Waals surface area contributed by atoms with Crippen LogP contribution in [0.5, 0.6) is 11.5 Å². The van der Waals surface area contributed by atoms with E-state index in [2.05, 4.69) is 5.32 Å². The van der Waals surface area contributed by atoms with Gasteiger partial charge in [0.25, 0.3) is 5.69 Å². The maximum Gasteiger partial charge on any atom is 0.407 e. The number of nitro benzene ring substituents is 1. The summed E-state index contributed by atoms with van der Waals surface area (Å²) in [6.45, 7) is -0.00513. The molecule has 1 aliphatic rings. The highest BCUT2D eigenvalue weighted by molar-refractivity contribution is 5.81. The molecule has 1 aliphatic carbocycles. The van der Waals surface area contributed by atoms with Crippen molar-refractivity contribution >= 4 is 17.7 Å². The largest absolute Gasteiger partial charge is 0.493 e. The minimum absolute atomic E-state index is 0.00513. The van der Waals surface area contributed by atoms with Gasteiger partial charge in [-0.05, 0) is 28.3 Å². The third-order valence-corrected chi connectivity index (χ3v) is 6.16. The van der Waals surface area contributed by atoms with Crippen molar-refractivity contribution in [3.63, 3.8) is 0 Å². The van der Waals surface area contributed by atoms with Crippen LogP contribution in [-0.2, 0) is 16.0 Å². The second kappa shape index (κ2) is 10.3. The van der Waals surface area contributed by atoms with Crippen LogP contribution in [0.2, 0.25) is 0 Å².